The van der Waals surface area contributed by atoms with Crippen LogP contribution in [0.5, 0.6) is 0 Å². The van der Waals surface area contributed by atoms with Gasteiger partial charge in [0.15, 0.2) is 0 Å². The Kier molecular flexibility index (Phi) is 3.35. The number of aromatic carboxylic acids is 1. The van der Waals surface area contributed by atoms with Crippen molar-refractivity contribution in [2.75, 3.05) is 0 Å². The standard InChI is InChI=1S/C11H10BrNO3S/c1-5(2)8-9(11(14)15)16-10(13-8)6-3-4-7(12)17-6/h3-5H,1-2H3,(H,14,15). The van der Waals surface area contributed by atoms with Crippen molar-refractivity contribution >= 4 is 33.2 Å². The fraction of sp³-hybridized carbons (Fsp3) is 0.273. The van der Waals surface area contributed by atoms with Gasteiger partial charge < -0.3 is 9.52 Å². The molecule has 2 aromatic heterocycles. The molecule has 0 spiro atoms. The summed E-state index contributed by atoms with van der Waals surface area (Å²) in [6.45, 7) is 3.77. The second kappa shape index (κ2) is 4.62. The van der Waals surface area contributed by atoms with Gasteiger partial charge in [0.2, 0.25) is 11.7 Å². The Morgan fingerprint density at radius 2 is 2.24 bits per heavy atom. The van der Waals surface area contributed by atoms with Gasteiger partial charge in [0, 0.05) is 0 Å². The molecule has 0 radical (unpaired) electrons. The van der Waals surface area contributed by atoms with Crippen LogP contribution in [0.1, 0.15) is 36.0 Å². The van der Waals surface area contributed by atoms with Crippen LogP contribution in [-0.2, 0) is 0 Å². The molecule has 2 heterocycles. The average molecular weight is 316 g/mol. The van der Waals surface area contributed by atoms with E-state index < -0.39 is 5.97 Å². The summed E-state index contributed by atoms with van der Waals surface area (Å²) in [4.78, 5) is 16.1. The van der Waals surface area contributed by atoms with Crippen molar-refractivity contribution in [1.82, 2.24) is 4.98 Å². The van der Waals surface area contributed by atoms with Crippen LogP contribution in [0.15, 0.2) is 20.3 Å². The first kappa shape index (κ1) is 12.3. The molecule has 4 nitrogen and oxygen atoms in total. The highest BCUT2D eigenvalue weighted by Crippen LogP contribution is 2.33. The lowest BCUT2D eigenvalue weighted by Crippen LogP contribution is -2.01. The topological polar surface area (TPSA) is 63.3 Å². The third-order valence-electron chi connectivity index (χ3n) is 2.18. The Balaban J connectivity index is 2.50. The predicted octanol–water partition coefficient (Wildman–Crippen LogP) is 3.99. The van der Waals surface area contributed by atoms with Crippen LogP contribution in [0.4, 0.5) is 0 Å². The molecule has 90 valence electrons. The Hall–Kier alpha value is -1.14. The number of thiophene rings is 1. The van der Waals surface area contributed by atoms with Crippen molar-refractivity contribution in [3.8, 4) is 10.8 Å². The van der Waals surface area contributed by atoms with Crippen LogP contribution in [-0.4, -0.2) is 16.1 Å². The summed E-state index contributed by atoms with van der Waals surface area (Å²) in [5, 5.41) is 9.04. The van der Waals surface area contributed by atoms with Gasteiger partial charge in [-0.25, -0.2) is 9.78 Å². The van der Waals surface area contributed by atoms with Gasteiger partial charge in [-0.15, -0.1) is 11.3 Å². The van der Waals surface area contributed by atoms with Gasteiger partial charge in [-0.3, -0.25) is 0 Å². The summed E-state index contributed by atoms with van der Waals surface area (Å²) in [7, 11) is 0. The van der Waals surface area contributed by atoms with Crippen molar-refractivity contribution in [3.63, 3.8) is 0 Å². The van der Waals surface area contributed by atoms with Gasteiger partial charge in [0.1, 0.15) is 0 Å². The lowest BCUT2D eigenvalue weighted by atomic mass is 10.1. The second-order valence-electron chi connectivity index (χ2n) is 3.80. The molecule has 1 N–H and O–H groups in total. The number of carboxylic acid groups (broad SMARTS) is 1. The van der Waals surface area contributed by atoms with Crippen molar-refractivity contribution in [2.45, 2.75) is 19.8 Å². The van der Waals surface area contributed by atoms with Gasteiger partial charge in [0.25, 0.3) is 0 Å². The highest BCUT2D eigenvalue weighted by atomic mass is 79.9. The average Bonchev–Trinajstić information content (AvgIpc) is 2.82. The van der Waals surface area contributed by atoms with Crippen LogP contribution < -0.4 is 0 Å². The number of aromatic nitrogens is 1. The Bertz CT molecular complexity index is 559. The summed E-state index contributed by atoms with van der Waals surface area (Å²) in [6, 6.07) is 3.72. The molecular weight excluding hydrogens is 306 g/mol. The van der Waals surface area contributed by atoms with Crippen LogP contribution >= 0.6 is 27.3 Å². The largest absolute Gasteiger partial charge is 0.475 e. The first-order chi connectivity index (χ1) is 7.99. The van der Waals surface area contributed by atoms with Crippen molar-refractivity contribution < 1.29 is 14.3 Å². The SMILES string of the molecule is CC(C)c1nc(-c2ccc(Br)s2)oc1C(=O)O. The molecule has 0 unspecified atom stereocenters. The van der Waals surface area contributed by atoms with Gasteiger partial charge in [0.05, 0.1) is 14.4 Å². The Labute approximate surface area is 110 Å². The fourth-order valence-electron chi connectivity index (χ4n) is 1.41. The number of hydrogen-bond donors (Lipinski definition) is 1. The first-order valence-electron chi connectivity index (χ1n) is 4.98. The predicted molar refractivity (Wildman–Crippen MR) is 68.6 cm³/mol. The zero-order valence-electron chi connectivity index (χ0n) is 9.23. The maximum Gasteiger partial charge on any atom is 0.373 e. The van der Waals surface area contributed by atoms with Crippen molar-refractivity contribution in [2.24, 2.45) is 0 Å². The molecule has 0 bridgehead atoms. The van der Waals surface area contributed by atoms with Gasteiger partial charge in [-0.1, -0.05) is 13.8 Å². The highest BCUT2D eigenvalue weighted by molar-refractivity contribution is 9.11. The fourth-order valence-corrected chi connectivity index (χ4v) is 2.72. The van der Waals surface area contributed by atoms with Crippen molar-refractivity contribution in [3.05, 3.63) is 27.4 Å². The zero-order chi connectivity index (χ0) is 12.6. The molecule has 6 heteroatoms. The van der Waals surface area contributed by atoms with Crippen molar-refractivity contribution in [1.29, 1.82) is 0 Å². The minimum absolute atomic E-state index is 0.0157. The molecule has 0 amide bonds. The number of rotatable bonds is 3. The molecule has 2 aromatic rings. The molecular formula is C11H10BrNO3S. The zero-order valence-corrected chi connectivity index (χ0v) is 11.6. The van der Waals surface area contributed by atoms with E-state index in [1.54, 1.807) is 0 Å². The molecule has 0 aliphatic rings. The van der Waals surface area contributed by atoms with E-state index in [4.69, 9.17) is 9.52 Å². The molecule has 0 saturated heterocycles. The second-order valence-corrected chi connectivity index (χ2v) is 6.26. The Morgan fingerprint density at radius 1 is 1.53 bits per heavy atom. The number of nitrogens with zero attached hydrogens (tertiary/aromatic N) is 1. The third-order valence-corrected chi connectivity index (χ3v) is 3.79. The summed E-state index contributed by atoms with van der Waals surface area (Å²) < 4.78 is 6.27. The quantitative estimate of drug-likeness (QED) is 0.930. The number of carboxylic acids is 1. The number of carbonyl (C=O) groups is 1. The number of oxazole rings is 1. The van der Waals surface area contributed by atoms with E-state index >= 15 is 0 Å². The molecule has 0 aliphatic carbocycles. The van der Waals surface area contributed by atoms with E-state index in [0.29, 0.717) is 11.6 Å². The van der Waals surface area contributed by atoms with Crippen LogP contribution in [0.2, 0.25) is 0 Å². The highest BCUT2D eigenvalue weighted by Gasteiger charge is 2.22. The van der Waals surface area contributed by atoms with E-state index in [9.17, 15) is 4.79 Å². The molecule has 17 heavy (non-hydrogen) atoms. The smallest absolute Gasteiger partial charge is 0.373 e. The van der Waals surface area contributed by atoms with E-state index in [-0.39, 0.29) is 11.7 Å². The van der Waals surface area contributed by atoms with Crippen LogP contribution in [0.3, 0.4) is 0 Å². The van der Waals surface area contributed by atoms with E-state index in [2.05, 4.69) is 20.9 Å². The Morgan fingerprint density at radius 3 is 2.65 bits per heavy atom. The molecule has 0 aromatic carbocycles. The number of hydrogen-bond acceptors (Lipinski definition) is 4. The summed E-state index contributed by atoms with van der Waals surface area (Å²) in [5.74, 6) is -0.772. The summed E-state index contributed by atoms with van der Waals surface area (Å²) >= 11 is 4.80. The van der Waals surface area contributed by atoms with Crippen LogP contribution in [0, 0.1) is 0 Å². The lowest BCUT2D eigenvalue weighted by Gasteiger charge is -1.98. The van der Waals surface area contributed by atoms with E-state index in [0.717, 1.165) is 8.66 Å². The lowest BCUT2D eigenvalue weighted by molar-refractivity contribution is 0.0661. The van der Waals surface area contributed by atoms with Gasteiger partial charge >= 0.3 is 5.97 Å². The van der Waals surface area contributed by atoms with Crippen LogP contribution in [0.25, 0.3) is 10.8 Å². The maximum atomic E-state index is 11.0. The normalized spacial score (nSPS) is 11.1. The van der Waals surface area contributed by atoms with Gasteiger partial charge in [-0.05, 0) is 34.0 Å². The maximum absolute atomic E-state index is 11.0. The monoisotopic (exact) mass is 315 g/mol. The number of halogens is 1. The molecule has 0 fully saturated rings. The van der Waals surface area contributed by atoms with E-state index in [1.165, 1.54) is 11.3 Å². The third kappa shape index (κ3) is 2.42. The summed E-state index contributed by atoms with van der Waals surface area (Å²) in [6.07, 6.45) is 0. The van der Waals surface area contributed by atoms with Gasteiger partial charge in [-0.2, -0.15) is 0 Å². The molecule has 0 atom stereocenters. The molecule has 0 aliphatic heterocycles. The molecule has 2 rings (SSSR count). The first-order valence-corrected chi connectivity index (χ1v) is 6.59. The minimum Gasteiger partial charge on any atom is -0.475 e. The minimum atomic E-state index is -1.08. The molecule has 0 saturated carbocycles. The summed E-state index contributed by atoms with van der Waals surface area (Å²) in [5.41, 5.74) is 0.483. The van der Waals surface area contributed by atoms with E-state index in [1.807, 2.05) is 26.0 Å².